The molecule has 1 saturated heterocycles. The second-order valence-corrected chi connectivity index (χ2v) is 6.93. The third-order valence-electron chi connectivity index (χ3n) is 3.72. The fraction of sp³-hybridized carbons (Fsp3) is 0.688. The molecule has 1 aromatic rings. The van der Waals surface area contributed by atoms with Crippen molar-refractivity contribution in [3.8, 4) is 0 Å². The van der Waals surface area contributed by atoms with E-state index < -0.39 is 11.7 Å². The molecule has 0 unspecified atom stereocenters. The van der Waals surface area contributed by atoms with Gasteiger partial charge < -0.3 is 19.1 Å². The number of likely N-dealkylation sites (N-methyl/N-ethyl adjacent to an activating group) is 1. The number of nitrogens with zero attached hydrogens (tertiary/aromatic N) is 3. The minimum absolute atomic E-state index is 0.0455. The van der Waals surface area contributed by atoms with Crippen molar-refractivity contribution in [3.05, 3.63) is 18.0 Å². The highest BCUT2D eigenvalue weighted by molar-refractivity contribution is 5.89. The molecule has 1 aliphatic heterocycles. The van der Waals surface area contributed by atoms with E-state index in [1.807, 2.05) is 20.8 Å². The molecule has 1 N–H and O–H groups in total. The molecule has 1 aromatic heterocycles. The smallest absolute Gasteiger partial charge is 0.410 e. The quantitative estimate of drug-likeness (QED) is 0.670. The lowest BCUT2D eigenvalue weighted by molar-refractivity contribution is -0.0494. The Labute approximate surface area is 142 Å². The molecule has 0 aromatic carbocycles. The second kappa shape index (κ2) is 7.21. The van der Waals surface area contributed by atoms with Gasteiger partial charge in [0, 0.05) is 26.7 Å². The summed E-state index contributed by atoms with van der Waals surface area (Å²) in [7, 11) is 3.45. The number of carbonyl (C=O) groups excluding carboxylic acids is 1. The number of aryl methyl sites for hydroxylation is 1. The summed E-state index contributed by atoms with van der Waals surface area (Å²) in [5.74, 6) is 0.0455. The molecule has 134 valence electrons. The van der Waals surface area contributed by atoms with Gasteiger partial charge in [-0.15, -0.1) is 0 Å². The van der Waals surface area contributed by atoms with Crippen LogP contribution in [0.3, 0.4) is 0 Å². The zero-order valence-electron chi connectivity index (χ0n) is 14.9. The Morgan fingerprint density at radius 2 is 2.17 bits per heavy atom. The highest BCUT2D eigenvalue weighted by Crippen LogP contribution is 2.19. The number of hydrogen-bond donors (Lipinski definition) is 1. The van der Waals surface area contributed by atoms with Gasteiger partial charge in [-0.25, -0.2) is 4.79 Å². The van der Waals surface area contributed by atoms with E-state index in [1.165, 1.54) is 4.90 Å². The van der Waals surface area contributed by atoms with Crippen LogP contribution in [0.4, 0.5) is 4.79 Å². The maximum atomic E-state index is 12.2. The lowest BCUT2D eigenvalue weighted by atomic mass is 10.1. The summed E-state index contributed by atoms with van der Waals surface area (Å²) in [5, 5.41) is 12.1. The first-order valence-corrected chi connectivity index (χ1v) is 7.94. The molecular formula is C16H26N4O4. The average molecular weight is 338 g/mol. The molecule has 0 saturated carbocycles. The minimum Gasteiger partial charge on any atom is -0.471 e. The van der Waals surface area contributed by atoms with E-state index in [4.69, 9.17) is 19.6 Å². The predicted octanol–water partition coefficient (Wildman–Crippen LogP) is 1.79. The van der Waals surface area contributed by atoms with Gasteiger partial charge in [-0.2, -0.15) is 5.10 Å². The van der Waals surface area contributed by atoms with Gasteiger partial charge in [0.1, 0.15) is 17.4 Å². The lowest BCUT2D eigenvalue weighted by Gasteiger charge is -2.35. The Balaban J connectivity index is 1.93. The number of rotatable bonds is 3. The molecule has 8 heteroatoms. The monoisotopic (exact) mass is 338 g/mol. The number of hydrogen-bond acceptors (Lipinski definition) is 6. The Bertz CT molecular complexity index is 593. The lowest BCUT2D eigenvalue weighted by Crippen LogP contribution is -2.48. The van der Waals surface area contributed by atoms with Crippen molar-refractivity contribution >= 4 is 12.0 Å². The zero-order chi connectivity index (χ0) is 17.9. The first-order valence-electron chi connectivity index (χ1n) is 7.94. The van der Waals surface area contributed by atoms with Gasteiger partial charge in [-0.1, -0.05) is 0 Å². The van der Waals surface area contributed by atoms with E-state index in [0.29, 0.717) is 25.3 Å². The number of aromatic nitrogens is 2. The van der Waals surface area contributed by atoms with E-state index in [2.05, 4.69) is 5.10 Å². The predicted molar refractivity (Wildman–Crippen MR) is 88.1 cm³/mol. The Kier molecular flexibility index (Phi) is 5.48. The third-order valence-corrected chi connectivity index (χ3v) is 3.72. The first kappa shape index (κ1) is 18.3. The number of carbonyl (C=O) groups is 1. The maximum Gasteiger partial charge on any atom is 0.410 e. The van der Waals surface area contributed by atoms with Crippen LogP contribution in [-0.4, -0.2) is 64.7 Å². The van der Waals surface area contributed by atoms with Gasteiger partial charge in [0.2, 0.25) is 5.90 Å². The fourth-order valence-corrected chi connectivity index (χ4v) is 2.43. The van der Waals surface area contributed by atoms with Gasteiger partial charge in [0.25, 0.3) is 0 Å². The van der Waals surface area contributed by atoms with Crippen molar-refractivity contribution in [3.63, 3.8) is 0 Å². The van der Waals surface area contributed by atoms with Crippen LogP contribution < -0.4 is 0 Å². The summed E-state index contributed by atoms with van der Waals surface area (Å²) in [6, 6.07) is 1.56. The molecule has 0 aliphatic carbocycles. The molecule has 2 rings (SSSR count). The highest BCUT2D eigenvalue weighted by Gasteiger charge is 2.32. The van der Waals surface area contributed by atoms with Gasteiger partial charge in [0.05, 0.1) is 19.3 Å². The number of amides is 1. The van der Waals surface area contributed by atoms with Gasteiger partial charge >= 0.3 is 6.09 Å². The summed E-state index contributed by atoms with van der Waals surface area (Å²) in [6.45, 7) is 6.30. The van der Waals surface area contributed by atoms with Crippen LogP contribution in [0.1, 0.15) is 32.9 Å². The summed E-state index contributed by atoms with van der Waals surface area (Å²) >= 11 is 0. The summed E-state index contributed by atoms with van der Waals surface area (Å²) in [4.78, 5) is 13.7. The summed E-state index contributed by atoms with van der Waals surface area (Å²) in [6.07, 6.45) is 1.51. The maximum absolute atomic E-state index is 12.2. The molecule has 1 amide bonds. The molecule has 1 aliphatic rings. The summed E-state index contributed by atoms with van der Waals surface area (Å²) < 4.78 is 18.2. The van der Waals surface area contributed by atoms with Crippen molar-refractivity contribution < 1.29 is 19.0 Å². The van der Waals surface area contributed by atoms with Crippen LogP contribution in [0, 0.1) is 5.41 Å². The van der Waals surface area contributed by atoms with E-state index in [9.17, 15) is 4.79 Å². The van der Waals surface area contributed by atoms with Crippen LogP contribution in [0.15, 0.2) is 12.3 Å². The normalized spacial score (nSPS) is 21.2. The van der Waals surface area contributed by atoms with Crippen LogP contribution >= 0.6 is 0 Å². The first-order chi connectivity index (χ1) is 11.2. The third kappa shape index (κ3) is 4.70. The Morgan fingerprint density at radius 1 is 1.46 bits per heavy atom. The SMILES string of the molecule is CN(C(=O)OC(C)(C)C)[C@@H]1COC[C@H](OC(=N)c2ccnn2C)C1. The molecule has 2 atom stereocenters. The Morgan fingerprint density at radius 3 is 2.75 bits per heavy atom. The number of ether oxygens (including phenoxy) is 3. The molecule has 0 spiro atoms. The van der Waals surface area contributed by atoms with Gasteiger partial charge in [-0.3, -0.25) is 10.1 Å². The van der Waals surface area contributed by atoms with E-state index in [1.54, 1.807) is 31.0 Å². The van der Waals surface area contributed by atoms with E-state index >= 15 is 0 Å². The van der Waals surface area contributed by atoms with E-state index in [-0.39, 0.29) is 18.0 Å². The second-order valence-electron chi connectivity index (χ2n) is 6.93. The summed E-state index contributed by atoms with van der Waals surface area (Å²) in [5.41, 5.74) is 0.0518. The van der Waals surface area contributed by atoms with Gasteiger partial charge in [0.15, 0.2) is 0 Å². The highest BCUT2D eigenvalue weighted by atomic mass is 16.6. The molecular weight excluding hydrogens is 312 g/mol. The van der Waals surface area contributed by atoms with Crippen LogP contribution in [0.2, 0.25) is 0 Å². The topological polar surface area (TPSA) is 89.7 Å². The Hall–Kier alpha value is -2.09. The van der Waals surface area contributed by atoms with Crippen molar-refractivity contribution in [1.82, 2.24) is 14.7 Å². The van der Waals surface area contributed by atoms with Crippen LogP contribution in [0.25, 0.3) is 0 Å². The average Bonchev–Trinajstić information content (AvgIpc) is 2.91. The molecule has 24 heavy (non-hydrogen) atoms. The van der Waals surface area contributed by atoms with Crippen molar-refractivity contribution in [2.24, 2.45) is 7.05 Å². The van der Waals surface area contributed by atoms with Gasteiger partial charge in [-0.05, 0) is 26.8 Å². The van der Waals surface area contributed by atoms with Crippen LogP contribution in [-0.2, 0) is 21.3 Å². The minimum atomic E-state index is -0.543. The molecule has 2 heterocycles. The van der Waals surface area contributed by atoms with Crippen molar-refractivity contribution in [1.29, 1.82) is 5.41 Å². The number of nitrogens with one attached hydrogen (secondary N) is 1. The molecule has 8 nitrogen and oxygen atoms in total. The molecule has 0 radical (unpaired) electrons. The molecule has 1 fully saturated rings. The largest absolute Gasteiger partial charge is 0.471 e. The van der Waals surface area contributed by atoms with Crippen LogP contribution in [0.5, 0.6) is 0 Å². The molecule has 0 bridgehead atoms. The van der Waals surface area contributed by atoms with Crippen molar-refractivity contribution in [2.45, 2.75) is 44.9 Å². The van der Waals surface area contributed by atoms with Crippen molar-refractivity contribution in [2.75, 3.05) is 20.3 Å². The fourth-order valence-electron chi connectivity index (χ4n) is 2.43. The van der Waals surface area contributed by atoms with E-state index in [0.717, 1.165) is 0 Å². The zero-order valence-corrected chi connectivity index (χ0v) is 14.9. The standard InChI is InChI=1S/C16H26N4O4/c1-16(2,3)24-15(21)19(4)11-8-12(10-22-9-11)23-14(17)13-6-7-18-20(13)5/h6-7,11-12,17H,8-10H2,1-5H3/t11-,12+/m0/s1.